The fourth-order valence-corrected chi connectivity index (χ4v) is 2.53. The van der Waals surface area contributed by atoms with E-state index in [1.165, 1.54) is 16.7 Å². The molecule has 0 heterocycles. The van der Waals surface area contributed by atoms with Crippen LogP contribution in [0.5, 0.6) is 5.75 Å². The Hall–Kier alpha value is -1.06. The predicted octanol–water partition coefficient (Wildman–Crippen LogP) is 2.95. The van der Waals surface area contributed by atoms with Crippen molar-refractivity contribution in [2.24, 2.45) is 11.1 Å². The van der Waals surface area contributed by atoms with Crippen molar-refractivity contribution in [2.75, 3.05) is 20.7 Å². The molecule has 0 aliphatic rings. The number of rotatable bonds is 6. The van der Waals surface area contributed by atoms with Crippen molar-refractivity contribution in [3.63, 3.8) is 0 Å². The maximum absolute atomic E-state index is 5.85. The second-order valence-corrected chi connectivity index (χ2v) is 6.10. The molecule has 0 saturated heterocycles. The maximum atomic E-state index is 5.85. The van der Waals surface area contributed by atoms with Crippen LogP contribution in [0.3, 0.4) is 0 Å². The molecule has 1 aromatic rings. The Morgan fingerprint density at radius 2 is 1.79 bits per heavy atom. The van der Waals surface area contributed by atoms with Crippen molar-refractivity contribution in [1.29, 1.82) is 0 Å². The van der Waals surface area contributed by atoms with Crippen LogP contribution in [-0.4, -0.2) is 20.7 Å². The minimum absolute atomic E-state index is 0.134. The molecule has 1 unspecified atom stereocenters. The number of hydrogen-bond acceptors (Lipinski definition) is 3. The zero-order chi connectivity index (χ0) is 14.6. The Labute approximate surface area is 117 Å². The molecule has 1 aromatic carbocycles. The van der Waals surface area contributed by atoms with Gasteiger partial charge >= 0.3 is 0 Å². The van der Waals surface area contributed by atoms with Crippen molar-refractivity contribution in [3.8, 4) is 5.75 Å². The highest BCUT2D eigenvalue weighted by Crippen LogP contribution is 2.32. The molecule has 0 saturated carbocycles. The Bertz CT molecular complexity index is 404. The van der Waals surface area contributed by atoms with E-state index in [2.05, 4.69) is 45.1 Å². The lowest BCUT2D eigenvalue weighted by Gasteiger charge is -2.29. The van der Waals surface area contributed by atoms with Crippen molar-refractivity contribution in [2.45, 2.75) is 40.2 Å². The Kier molecular flexibility index (Phi) is 5.39. The van der Waals surface area contributed by atoms with Crippen LogP contribution in [0.1, 0.15) is 43.0 Å². The lowest BCUT2D eigenvalue weighted by molar-refractivity contribution is 0.298. The van der Waals surface area contributed by atoms with Crippen molar-refractivity contribution < 1.29 is 4.74 Å². The van der Waals surface area contributed by atoms with Crippen molar-refractivity contribution >= 4 is 0 Å². The van der Waals surface area contributed by atoms with E-state index in [9.17, 15) is 0 Å². The van der Waals surface area contributed by atoms with E-state index in [1.54, 1.807) is 7.11 Å². The van der Waals surface area contributed by atoms with Crippen LogP contribution >= 0.6 is 0 Å². The molecule has 19 heavy (non-hydrogen) atoms. The fourth-order valence-electron chi connectivity index (χ4n) is 2.53. The molecule has 0 amide bonds. The molecule has 0 aliphatic carbocycles. The average molecular weight is 264 g/mol. The fraction of sp³-hybridized carbons (Fsp3) is 0.625. The third-order valence-corrected chi connectivity index (χ3v) is 3.75. The van der Waals surface area contributed by atoms with Gasteiger partial charge in [-0.1, -0.05) is 26.0 Å². The number of nitrogens with one attached hydrogen (secondary N) is 1. The highest BCUT2D eigenvalue weighted by atomic mass is 16.5. The second-order valence-electron chi connectivity index (χ2n) is 6.10. The summed E-state index contributed by atoms with van der Waals surface area (Å²) in [6.45, 7) is 9.30. The number of hydrogen-bond donors (Lipinski definition) is 2. The summed E-state index contributed by atoms with van der Waals surface area (Å²) < 4.78 is 5.43. The monoisotopic (exact) mass is 264 g/mol. The van der Waals surface area contributed by atoms with Gasteiger partial charge in [-0.25, -0.2) is 0 Å². The zero-order valence-corrected chi connectivity index (χ0v) is 13.1. The van der Waals surface area contributed by atoms with E-state index in [4.69, 9.17) is 10.5 Å². The largest absolute Gasteiger partial charge is 0.496 e. The van der Waals surface area contributed by atoms with Gasteiger partial charge in [-0.3, -0.25) is 0 Å². The first-order chi connectivity index (χ1) is 8.84. The molecular weight excluding hydrogens is 236 g/mol. The van der Waals surface area contributed by atoms with Crippen LogP contribution < -0.4 is 15.8 Å². The van der Waals surface area contributed by atoms with Crippen LogP contribution in [0.15, 0.2) is 12.1 Å². The number of ether oxygens (including phenoxy) is 1. The number of benzene rings is 1. The molecule has 108 valence electrons. The standard InChI is InChI=1S/C16H28N2O/c1-11-7-13(8-12(2)15(11)19-6)14(18-5)9-16(3,4)10-17/h7-8,14,18H,9-10,17H2,1-6H3. The zero-order valence-electron chi connectivity index (χ0n) is 13.1. The van der Waals surface area contributed by atoms with Crippen molar-refractivity contribution in [3.05, 3.63) is 28.8 Å². The van der Waals surface area contributed by atoms with Gasteiger partial charge in [-0.15, -0.1) is 0 Å². The predicted molar refractivity (Wildman–Crippen MR) is 81.7 cm³/mol. The third-order valence-electron chi connectivity index (χ3n) is 3.75. The smallest absolute Gasteiger partial charge is 0.124 e. The summed E-state index contributed by atoms with van der Waals surface area (Å²) in [4.78, 5) is 0. The number of nitrogens with two attached hydrogens (primary N) is 1. The minimum atomic E-state index is 0.134. The van der Waals surface area contributed by atoms with Gasteiger partial charge < -0.3 is 15.8 Å². The Balaban J connectivity index is 3.06. The summed E-state index contributed by atoms with van der Waals surface area (Å²) in [5.74, 6) is 0.983. The van der Waals surface area contributed by atoms with E-state index in [-0.39, 0.29) is 5.41 Å². The summed E-state index contributed by atoms with van der Waals surface area (Å²) >= 11 is 0. The molecule has 0 aliphatic heterocycles. The van der Waals surface area contributed by atoms with Crippen LogP contribution in [0.25, 0.3) is 0 Å². The molecule has 0 radical (unpaired) electrons. The first-order valence-electron chi connectivity index (χ1n) is 6.87. The minimum Gasteiger partial charge on any atom is -0.496 e. The summed E-state index contributed by atoms with van der Waals surface area (Å²) in [7, 11) is 3.73. The van der Waals surface area contributed by atoms with Gasteiger partial charge in [0.15, 0.2) is 0 Å². The van der Waals surface area contributed by atoms with Gasteiger partial charge in [0, 0.05) is 6.04 Å². The second kappa shape index (κ2) is 6.40. The van der Waals surface area contributed by atoms with Crippen LogP contribution in [0.2, 0.25) is 0 Å². The van der Waals surface area contributed by atoms with Crippen LogP contribution in [-0.2, 0) is 0 Å². The van der Waals surface area contributed by atoms with Crippen LogP contribution in [0, 0.1) is 19.3 Å². The van der Waals surface area contributed by atoms with Gasteiger partial charge in [0.05, 0.1) is 7.11 Å². The Morgan fingerprint density at radius 3 is 2.16 bits per heavy atom. The van der Waals surface area contributed by atoms with E-state index in [0.717, 1.165) is 12.2 Å². The summed E-state index contributed by atoms with van der Waals surface area (Å²) in [6.07, 6.45) is 1.02. The normalized spacial score (nSPS) is 13.4. The summed E-state index contributed by atoms with van der Waals surface area (Å²) in [6, 6.07) is 4.74. The van der Waals surface area contributed by atoms with E-state index >= 15 is 0 Å². The molecule has 3 N–H and O–H groups in total. The van der Waals surface area contributed by atoms with Crippen molar-refractivity contribution in [1.82, 2.24) is 5.32 Å². The molecule has 0 spiro atoms. The highest BCUT2D eigenvalue weighted by Gasteiger charge is 2.23. The lowest BCUT2D eigenvalue weighted by atomic mass is 9.83. The van der Waals surface area contributed by atoms with E-state index < -0.39 is 0 Å². The maximum Gasteiger partial charge on any atom is 0.124 e. The van der Waals surface area contributed by atoms with Gasteiger partial charge in [0.1, 0.15) is 5.75 Å². The summed E-state index contributed by atoms with van der Waals surface area (Å²) in [5, 5.41) is 3.40. The van der Waals surface area contributed by atoms with Gasteiger partial charge in [-0.05, 0) is 56.0 Å². The van der Waals surface area contributed by atoms with Gasteiger partial charge in [-0.2, -0.15) is 0 Å². The Morgan fingerprint density at radius 1 is 1.26 bits per heavy atom. The van der Waals surface area contributed by atoms with Gasteiger partial charge in [0.25, 0.3) is 0 Å². The first kappa shape index (κ1) is 16.0. The highest BCUT2D eigenvalue weighted by molar-refractivity contribution is 5.44. The molecule has 0 fully saturated rings. The molecule has 3 heteroatoms. The SMILES string of the molecule is CNC(CC(C)(C)CN)c1cc(C)c(OC)c(C)c1. The summed E-state index contributed by atoms with van der Waals surface area (Å²) in [5.41, 5.74) is 9.65. The third kappa shape index (κ3) is 3.95. The van der Waals surface area contributed by atoms with Gasteiger partial charge in [0.2, 0.25) is 0 Å². The average Bonchev–Trinajstić information content (AvgIpc) is 2.35. The topological polar surface area (TPSA) is 47.3 Å². The first-order valence-corrected chi connectivity index (χ1v) is 6.87. The quantitative estimate of drug-likeness (QED) is 0.830. The molecule has 1 atom stereocenters. The molecule has 0 bridgehead atoms. The molecule has 1 rings (SSSR count). The van der Waals surface area contributed by atoms with E-state index in [1.807, 2.05) is 7.05 Å². The molecular formula is C16H28N2O. The lowest BCUT2D eigenvalue weighted by Crippen LogP contribution is -2.30. The number of methoxy groups -OCH3 is 1. The molecule has 3 nitrogen and oxygen atoms in total. The molecule has 0 aromatic heterocycles. The van der Waals surface area contributed by atoms with Crippen LogP contribution in [0.4, 0.5) is 0 Å². The van der Waals surface area contributed by atoms with E-state index in [0.29, 0.717) is 12.6 Å². The number of aryl methyl sites for hydroxylation is 2.